The van der Waals surface area contributed by atoms with E-state index in [0.29, 0.717) is 18.6 Å². The molecule has 1 aromatic carbocycles. The van der Waals surface area contributed by atoms with Crippen LogP contribution in [0.15, 0.2) is 35.9 Å². The van der Waals surface area contributed by atoms with Crippen molar-refractivity contribution in [3.8, 4) is 0 Å². The first-order valence-corrected chi connectivity index (χ1v) is 14.7. The molecule has 2 heterocycles. The maximum absolute atomic E-state index is 12.4. The van der Waals surface area contributed by atoms with Crippen LogP contribution in [0.4, 0.5) is 4.79 Å². The number of rotatable bonds is 8. The standard InChI is InChI=1S/C27H36ClNO6S/c1-17(2)9-10-21-26(3,35-21)24-23(33-4)20(34-25(31)29-22(30)13-28)11-12-27(24,32)16-36-14-18-7-5-6-8-19(18)15-36/h5-9,20-21,23-24,32H,10-16H2,1-4H3/p+1/t20-,21-,23-,24+,26+,27+/m1/s1. The largest absolute Gasteiger partial charge is 0.443 e. The summed E-state index contributed by atoms with van der Waals surface area (Å²) in [5.41, 5.74) is 2.27. The van der Waals surface area contributed by atoms with Crippen LogP contribution in [0.5, 0.6) is 0 Å². The van der Waals surface area contributed by atoms with Crippen molar-refractivity contribution in [1.29, 1.82) is 0 Å². The number of alkyl carbamates (subject to hydrolysis) is 1. The maximum Gasteiger partial charge on any atom is 0.414 e. The molecule has 0 unspecified atom stereocenters. The van der Waals surface area contributed by atoms with Gasteiger partial charge >= 0.3 is 6.09 Å². The lowest BCUT2D eigenvalue weighted by atomic mass is 9.66. The molecule has 2 amide bonds. The Morgan fingerprint density at radius 2 is 1.94 bits per heavy atom. The highest BCUT2D eigenvalue weighted by molar-refractivity contribution is 7.95. The van der Waals surface area contributed by atoms with Crippen molar-refractivity contribution in [2.24, 2.45) is 5.92 Å². The number of carbonyl (C=O) groups is 2. The second-order valence-electron chi connectivity index (χ2n) is 10.6. The van der Waals surface area contributed by atoms with Crippen LogP contribution in [-0.2, 0) is 41.4 Å². The van der Waals surface area contributed by atoms with Gasteiger partial charge in [0.15, 0.2) is 0 Å². The van der Waals surface area contributed by atoms with E-state index in [1.807, 2.05) is 6.92 Å². The summed E-state index contributed by atoms with van der Waals surface area (Å²) in [5, 5.41) is 14.4. The number of hydrogen-bond acceptors (Lipinski definition) is 6. The van der Waals surface area contributed by atoms with E-state index in [2.05, 4.69) is 49.5 Å². The first-order valence-electron chi connectivity index (χ1n) is 12.4. The quantitative estimate of drug-likeness (QED) is 0.226. The lowest BCUT2D eigenvalue weighted by Gasteiger charge is -2.48. The van der Waals surface area contributed by atoms with Crippen molar-refractivity contribution in [2.45, 2.75) is 81.1 Å². The highest BCUT2D eigenvalue weighted by atomic mass is 35.5. The summed E-state index contributed by atoms with van der Waals surface area (Å²) in [7, 11) is 1.56. The molecule has 3 aliphatic rings. The molecule has 1 aromatic rings. The van der Waals surface area contributed by atoms with E-state index >= 15 is 0 Å². The molecule has 4 rings (SSSR count). The van der Waals surface area contributed by atoms with Crippen LogP contribution in [0.2, 0.25) is 0 Å². The molecular formula is C27H37ClNO6S+. The Morgan fingerprint density at radius 3 is 2.53 bits per heavy atom. The number of epoxide rings is 1. The fourth-order valence-electron chi connectivity index (χ4n) is 5.94. The molecular weight excluding hydrogens is 502 g/mol. The molecule has 1 aliphatic carbocycles. The molecule has 36 heavy (non-hydrogen) atoms. The first kappa shape index (κ1) is 27.5. The van der Waals surface area contributed by atoms with Gasteiger partial charge in [0.05, 0.1) is 12.0 Å². The summed E-state index contributed by atoms with van der Waals surface area (Å²) >= 11 is 5.51. The van der Waals surface area contributed by atoms with Crippen molar-refractivity contribution in [1.82, 2.24) is 5.32 Å². The molecule has 0 aromatic heterocycles. The minimum absolute atomic E-state index is 0.0111. The number of aliphatic hydroxyl groups is 1. The van der Waals surface area contributed by atoms with Gasteiger partial charge in [0.1, 0.15) is 46.5 Å². The zero-order valence-electron chi connectivity index (χ0n) is 21.4. The number of alkyl halides is 1. The van der Waals surface area contributed by atoms with Crippen molar-refractivity contribution in [2.75, 3.05) is 18.7 Å². The maximum atomic E-state index is 12.4. The fraction of sp³-hybridized carbons (Fsp3) is 0.630. The molecule has 9 heteroatoms. The topological polar surface area (TPSA) is 97.4 Å². The minimum Gasteiger partial charge on any atom is -0.443 e. The Kier molecular flexibility index (Phi) is 8.42. The highest BCUT2D eigenvalue weighted by Crippen LogP contribution is 2.55. The second-order valence-corrected chi connectivity index (χ2v) is 12.9. The van der Waals surface area contributed by atoms with Gasteiger partial charge in [-0.15, -0.1) is 11.6 Å². The summed E-state index contributed by atoms with van der Waals surface area (Å²) in [6, 6.07) is 8.49. The van der Waals surface area contributed by atoms with Crippen LogP contribution >= 0.6 is 11.6 Å². The van der Waals surface area contributed by atoms with Gasteiger partial charge in [0.25, 0.3) is 0 Å². The molecule has 0 radical (unpaired) electrons. The number of amides is 2. The Labute approximate surface area is 221 Å². The molecule has 1 saturated carbocycles. The van der Waals surface area contributed by atoms with Crippen molar-refractivity contribution >= 4 is 34.5 Å². The molecule has 2 N–H and O–H groups in total. The SMILES string of the molecule is CO[C@H]1[C@@H]([C@@]2(C)O[C@@H]2CC=C(C)C)[C@@](O)(C[S+]2Cc3ccccc3C2)CC[C@H]1OC(=O)NC(=O)CCl. The van der Waals surface area contributed by atoms with E-state index in [1.54, 1.807) is 7.11 Å². The van der Waals surface area contributed by atoms with Crippen LogP contribution in [-0.4, -0.2) is 65.4 Å². The normalized spacial score (nSPS) is 33.5. The van der Waals surface area contributed by atoms with Gasteiger partial charge in [0.2, 0.25) is 5.91 Å². The van der Waals surface area contributed by atoms with Gasteiger partial charge in [-0.25, -0.2) is 4.79 Å². The van der Waals surface area contributed by atoms with Crippen molar-refractivity contribution in [3.05, 3.63) is 47.0 Å². The Hall–Kier alpha value is -1.58. The molecule has 2 fully saturated rings. The van der Waals surface area contributed by atoms with Gasteiger partial charge in [-0.2, -0.15) is 0 Å². The Bertz CT molecular complexity index is 991. The van der Waals surface area contributed by atoms with Gasteiger partial charge < -0.3 is 19.3 Å². The zero-order valence-corrected chi connectivity index (χ0v) is 23.0. The van der Waals surface area contributed by atoms with E-state index in [4.69, 9.17) is 25.8 Å². The fourth-order valence-corrected chi connectivity index (χ4v) is 8.79. The smallest absolute Gasteiger partial charge is 0.414 e. The molecule has 6 atom stereocenters. The molecule has 1 saturated heterocycles. The Balaban J connectivity index is 1.57. The average Bonchev–Trinajstić information content (AvgIpc) is 3.31. The lowest BCUT2D eigenvalue weighted by Crippen LogP contribution is -2.63. The second kappa shape index (κ2) is 11.0. The van der Waals surface area contributed by atoms with Gasteiger partial charge in [-0.05, 0) is 50.9 Å². The van der Waals surface area contributed by atoms with Crippen molar-refractivity contribution < 1.29 is 28.9 Å². The minimum atomic E-state index is -1.04. The highest BCUT2D eigenvalue weighted by Gasteiger charge is 2.69. The number of nitrogens with one attached hydrogen (secondary N) is 1. The molecule has 198 valence electrons. The number of allylic oxidation sites excluding steroid dienone is 1. The van der Waals surface area contributed by atoms with Gasteiger partial charge in [0, 0.05) is 18.2 Å². The van der Waals surface area contributed by atoms with Gasteiger partial charge in [-0.3, -0.25) is 10.1 Å². The van der Waals surface area contributed by atoms with E-state index in [-0.39, 0.29) is 22.9 Å². The summed E-state index contributed by atoms with van der Waals surface area (Å²) in [4.78, 5) is 23.9. The van der Waals surface area contributed by atoms with E-state index < -0.39 is 41.3 Å². The third-order valence-corrected chi connectivity index (χ3v) is 10.2. The first-order chi connectivity index (χ1) is 17.1. The number of fused-ring (bicyclic) bond motifs is 1. The number of hydrogen-bond donors (Lipinski definition) is 2. The summed E-state index contributed by atoms with van der Waals surface area (Å²) in [6.45, 7) is 6.14. The number of methoxy groups -OCH3 is 1. The van der Waals surface area contributed by atoms with Gasteiger partial charge in [-0.1, -0.05) is 35.9 Å². The number of benzene rings is 1. The monoisotopic (exact) mass is 538 g/mol. The summed E-state index contributed by atoms with van der Waals surface area (Å²) in [5.74, 6) is 1.20. The molecule has 0 bridgehead atoms. The predicted molar refractivity (Wildman–Crippen MR) is 141 cm³/mol. The number of halogens is 1. The average molecular weight is 539 g/mol. The third-order valence-electron chi connectivity index (χ3n) is 7.66. The zero-order chi connectivity index (χ0) is 26.1. The third kappa shape index (κ3) is 5.78. The van der Waals surface area contributed by atoms with Crippen LogP contribution in [0.1, 0.15) is 51.2 Å². The Morgan fingerprint density at radius 1 is 1.28 bits per heavy atom. The van der Waals surface area contributed by atoms with E-state index in [1.165, 1.54) is 16.7 Å². The number of carbonyl (C=O) groups excluding carboxylic acids is 2. The van der Waals surface area contributed by atoms with Crippen LogP contribution < -0.4 is 5.32 Å². The molecule has 2 aliphatic heterocycles. The van der Waals surface area contributed by atoms with Crippen molar-refractivity contribution in [3.63, 3.8) is 0 Å². The number of ether oxygens (including phenoxy) is 3. The van der Waals surface area contributed by atoms with Crippen LogP contribution in [0.25, 0.3) is 0 Å². The van der Waals surface area contributed by atoms with E-state index in [0.717, 1.165) is 17.9 Å². The van der Waals surface area contributed by atoms with Crippen LogP contribution in [0.3, 0.4) is 0 Å². The lowest BCUT2D eigenvalue weighted by molar-refractivity contribution is -0.170. The molecule has 7 nitrogen and oxygen atoms in total. The van der Waals surface area contributed by atoms with Crippen LogP contribution in [0, 0.1) is 5.92 Å². The molecule has 0 spiro atoms. The predicted octanol–water partition coefficient (Wildman–Crippen LogP) is 3.85. The number of imide groups is 1. The summed E-state index contributed by atoms with van der Waals surface area (Å²) in [6.07, 6.45) is 1.64. The van der Waals surface area contributed by atoms with E-state index in [9.17, 15) is 14.7 Å². The summed E-state index contributed by atoms with van der Waals surface area (Å²) < 4.78 is 17.9.